The molecule has 0 aliphatic heterocycles. The number of H-pyrrole nitrogens is 1. The monoisotopic (exact) mass is 406 g/mol. The number of amides is 1. The van der Waals surface area contributed by atoms with Crippen LogP contribution in [0.3, 0.4) is 0 Å². The molecule has 5 nitrogen and oxygen atoms in total. The molecular weight excluding hydrogens is 380 g/mol. The number of nitrogens with zero attached hydrogens (tertiary/aromatic N) is 2. The topological polar surface area (TPSA) is 70.7 Å². The molecule has 4 rings (SSSR count). The summed E-state index contributed by atoms with van der Waals surface area (Å²) in [4.78, 5) is 17.2. The van der Waals surface area contributed by atoms with Gasteiger partial charge in [-0.2, -0.15) is 0 Å². The third kappa shape index (κ3) is 5.48. The number of carbonyl (C=O) groups is 1. The molecule has 0 radical (unpaired) electrons. The fourth-order valence-corrected chi connectivity index (χ4v) is 4.47. The summed E-state index contributed by atoms with van der Waals surface area (Å²) in [7, 11) is 0. The maximum absolute atomic E-state index is 12.7. The Morgan fingerprint density at radius 1 is 1.07 bits per heavy atom. The lowest BCUT2D eigenvalue weighted by molar-refractivity contribution is -0.119. The number of rotatable bonds is 8. The highest BCUT2D eigenvalue weighted by molar-refractivity contribution is 7.99. The Morgan fingerprint density at radius 3 is 2.48 bits per heavy atom. The number of hydrogen-bond donors (Lipinski definition) is 2. The molecule has 2 N–H and O–H groups in total. The number of nitrogens with one attached hydrogen (secondary N) is 2. The highest BCUT2D eigenvalue weighted by Gasteiger charge is 2.21. The van der Waals surface area contributed by atoms with Gasteiger partial charge in [-0.05, 0) is 30.4 Å². The second-order valence-electron chi connectivity index (χ2n) is 7.49. The van der Waals surface area contributed by atoms with Gasteiger partial charge in [0.15, 0.2) is 0 Å². The van der Waals surface area contributed by atoms with Crippen molar-refractivity contribution in [2.75, 3.05) is 5.75 Å². The molecule has 1 amide bonds. The van der Waals surface area contributed by atoms with Gasteiger partial charge in [-0.1, -0.05) is 85.3 Å². The van der Waals surface area contributed by atoms with Crippen LogP contribution in [-0.4, -0.2) is 26.8 Å². The van der Waals surface area contributed by atoms with Crippen molar-refractivity contribution in [1.82, 2.24) is 20.5 Å². The number of thioether (sulfide) groups is 1. The molecule has 1 fully saturated rings. The van der Waals surface area contributed by atoms with Gasteiger partial charge in [0.1, 0.15) is 5.82 Å². The van der Waals surface area contributed by atoms with Crippen LogP contribution in [0.2, 0.25) is 0 Å². The fourth-order valence-electron chi connectivity index (χ4n) is 3.86. The lowest BCUT2D eigenvalue weighted by Gasteiger charge is -2.19. The predicted octanol–water partition coefficient (Wildman–Crippen LogP) is 4.65. The summed E-state index contributed by atoms with van der Waals surface area (Å²) in [5.74, 6) is 1.77. The summed E-state index contributed by atoms with van der Waals surface area (Å²) in [6.07, 6.45) is 5.64. The van der Waals surface area contributed by atoms with Gasteiger partial charge < -0.3 is 5.32 Å². The summed E-state index contributed by atoms with van der Waals surface area (Å²) < 4.78 is 0. The van der Waals surface area contributed by atoms with Gasteiger partial charge in [0.2, 0.25) is 11.1 Å². The van der Waals surface area contributed by atoms with Gasteiger partial charge in [-0.3, -0.25) is 9.89 Å². The molecule has 1 aliphatic carbocycles. The Balaban J connectivity index is 1.36. The molecular formula is C23H26N4OS. The van der Waals surface area contributed by atoms with E-state index in [1.165, 1.54) is 43.0 Å². The molecule has 150 valence electrons. The molecule has 0 spiro atoms. The van der Waals surface area contributed by atoms with E-state index in [1.54, 1.807) is 0 Å². The summed E-state index contributed by atoms with van der Waals surface area (Å²) in [6.45, 7) is 0. The van der Waals surface area contributed by atoms with Crippen LogP contribution in [-0.2, 0) is 11.2 Å². The van der Waals surface area contributed by atoms with Crippen LogP contribution >= 0.6 is 11.8 Å². The van der Waals surface area contributed by atoms with E-state index in [-0.39, 0.29) is 11.9 Å². The number of aromatic amines is 1. The maximum atomic E-state index is 12.7. The molecule has 2 aromatic carbocycles. The average Bonchev–Trinajstić information content (AvgIpc) is 3.45. The summed E-state index contributed by atoms with van der Waals surface area (Å²) in [6, 6.07) is 20.3. The smallest absolute Gasteiger partial charge is 0.230 e. The minimum atomic E-state index is -0.0621. The van der Waals surface area contributed by atoms with Crippen molar-refractivity contribution >= 4 is 17.7 Å². The lowest BCUT2D eigenvalue weighted by atomic mass is 9.99. The first-order valence-electron chi connectivity index (χ1n) is 10.2. The molecule has 29 heavy (non-hydrogen) atoms. The molecule has 1 aromatic heterocycles. The van der Waals surface area contributed by atoms with Crippen LogP contribution in [0.1, 0.15) is 54.6 Å². The second kappa shape index (κ2) is 9.74. The van der Waals surface area contributed by atoms with Gasteiger partial charge in [-0.15, -0.1) is 5.10 Å². The minimum Gasteiger partial charge on any atom is -0.348 e. The first kappa shape index (κ1) is 19.7. The largest absolute Gasteiger partial charge is 0.348 e. The average molecular weight is 407 g/mol. The normalized spacial score (nSPS) is 15.3. The zero-order chi connectivity index (χ0) is 19.9. The van der Waals surface area contributed by atoms with Crippen molar-refractivity contribution in [3.8, 4) is 0 Å². The quantitative estimate of drug-likeness (QED) is 0.534. The van der Waals surface area contributed by atoms with Crippen molar-refractivity contribution < 1.29 is 4.79 Å². The molecule has 0 saturated heterocycles. The Bertz CT molecular complexity index is 907. The molecule has 3 aromatic rings. The van der Waals surface area contributed by atoms with Crippen molar-refractivity contribution in [2.24, 2.45) is 0 Å². The Hall–Kier alpha value is -2.60. The molecule has 0 bridgehead atoms. The highest BCUT2D eigenvalue weighted by atomic mass is 32.2. The van der Waals surface area contributed by atoms with Crippen molar-refractivity contribution in [2.45, 2.75) is 49.2 Å². The van der Waals surface area contributed by atoms with Crippen LogP contribution in [0.4, 0.5) is 0 Å². The van der Waals surface area contributed by atoms with Gasteiger partial charge in [0.25, 0.3) is 0 Å². The van der Waals surface area contributed by atoms with Gasteiger partial charge in [0, 0.05) is 5.92 Å². The third-order valence-corrected chi connectivity index (χ3v) is 6.22. The number of carbonyl (C=O) groups excluding carboxylic acids is 1. The minimum absolute atomic E-state index is 0.00741. The van der Waals surface area contributed by atoms with Crippen LogP contribution in [0.15, 0.2) is 65.8 Å². The number of benzene rings is 2. The summed E-state index contributed by atoms with van der Waals surface area (Å²) >= 11 is 1.39. The molecule has 1 heterocycles. The van der Waals surface area contributed by atoms with Gasteiger partial charge in [-0.25, -0.2) is 4.98 Å². The van der Waals surface area contributed by atoms with Crippen molar-refractivity contribution in [3.05, 3.63) is 77.6 Å². The van der Waals surface area contributed by atoms with Gasteiger partial charge in [0.05, 0.1) is 11.8 Å². The van der Waals surface area contributed by atoms with E-state index < -0.39 is 0 Å². The van der Waals surface area contributed by atoms with E-state index in [4.69, 9.17) is 0 Å². The lowest BCUT2D eigenvalue weighted by Crippen LogP contribution is -2.31. The molecule has 6 heteroatoms. The first-order chi connectivity index (χ1) is 14.3. The van der Waals surface area contributed by atoms with Gasteiger partial charge >= 0.3 is 0 Å². The molecule has 1 saturated carbocycles. The summed E-state index contributed by atoms with van der Waals surface area (Å²) in [5, 5.41) is 11.2. The second-order valence-corrected chi connectivity index (χ2v) is 8.44. The zero-order valence-electron chi connectivity index (χ0n) is 16.4. The van der Waals surface area contributed by atoms with Crippen molar-refractivity contribution in [1.29, 1.82) is 0 Å². The van der Waals surface area contributed by atoms with Crippen LogP contribution in [0, 0.1) is 0 Å². The summed E-state index contributed by atoms with van der Waals surface area (Å²) in [5.41, 5.74) is 2.31. The number of aromatic nitrogens is 3. The predicted molar refractivity (Wildman–Crippen MR) is 116 cm³/mol. The van der Waals surface area contributed by atoms with E-state index in [2.05, 4.69) is 44.8 Å². The standard InChI is InChI=1S/C23H26N4OS/c28-21(16-29-23-25-22(26-27-23)19-13-7-8-14-19)24-20(18-11-5-2-6-12-18)15-17-9-3-1-4-10-17/h1-6,9-12,19-20H,7-8,13-16H2,(H,24,28)(H,25,26,27). The van der Waals surface area contributed by atoms with E-state index in [9.17, 15) is 4.79 Å². The maximum Gasteiger partial charge on any atom is 0.230 e. The Labute approximate surface area is 175 Å². The highest BCUT2D eigenvalue weighted by Crippen LogP contribution is 2.32. The fraction of sp³-hybridized carbons (Fsp3) is 0.348. The Kier molecular flexibility index (Phi) is 6.62. The SMILES string of the molecule is O=C(CSc1n[nH]c(C2CCCC2)n1)NC(Cc1ccccc1)c1ccccc1. The van der Waals surface area contributed by atoms with Crippen LogP contribution in [0.5, 0.6) is 0 Å². The third-order valence-electron chi connectivity index (χ3n) is 5.38. The van der Waals surface area contributed by atoms with Crippen LogP contribution in [0.25, 0.3) is 0 Å². The molecule has 1 unspecified atom stereocenters. The zero-order valence-corrected chi connectivity index (χ0v) is 17.2. The van der Waals surface area contributed by atoms with E-state index in [0.717, 1.165) is 17.8 Å². The molecule has 1 atom stereocenters. The van der Waals surface area contributed by atoms with Crippen LogP contribution < -0.4 is 5.32 Å². The Morgan fingerprint density at radius 2 is 1.76 bits per heavy atom. The van der Waals surface area contributed by atoms with E-state index in [0.29, 0.717) is 16.8 Å². The van der Waals surface area contributed by atoms with E-state index in [1.807, 2.05) is 36.4 Å². The van der Waals surface area contributed by atoms with Crippen molar-refractivity contribution in [3.63, 3.8) is 0 Å². The molecule has 1 aliphatic rings. The number of hydrogen-bond acceptors (Lipinski definition) is 4. The van der Waals surface area contributed by atoms with E-state index >= 15 is 0 Å². The first-order valence-corrected chi connectivity index (χ1v) is 11.2.